The summed E-state index contributed by atoms with van der Waals surface area (Å²) in [5.41, 5.74) is 0.401. The first-order chi connectivity index (χ1) is 8.15. The van der Waals surface area contributed by atoms with Gasteiger partial charge in [0.1, 0.15) is 5.75 Å². The highest BCUT2D eigenvalue weighted by Crippen LogP contribution is 2.15. The summed E-state index contributed by atoms with van der Waals surface area (Å²) in [6.45, 7) is -1.84. The fraction of sp³-hybridized carbons (Fsp3) is 0.364. The maximum Gasteiger partial charge on any atom is 0.387 e. The summed E-state index contributed by atoms with van der Waals surface area (Å²) >= 11 is 0. The predicted molar refractivity (Wildman–Crippen MR) is 55.1 cm³/mol. The Hall–Kier alpha value is -1.69. The van der Waals surface area contributed by atoms with Crippen LogP contribution in [-0.4, -0.2) is 31.8 Å². The van der Waals surface area contributed by atoms with Gasteiger partial charge < -0.3 is 14.8 Å². The molecule has 1 saturated heterocycles. The van der Waals surface area contributed by atoms with Crippen LogP contribution in [0.4, 0.5) is 8.78 Å². The molecule has 1 aliphatic heterocycles. The maximum atomic E-state index is 11.9. The van der Waals surface area contributed by atoms with E-state index in [1.54, 1.807) is 0 Å². The third kappa shape index (κ3) is 3.13. The molecule has 0 aromatic heterocycles. The summed E-state index contributed by atoms with van der Waals surface area (Å²) in [4.78, 5) is 11.6. The third-order valence-corrected chi connectivity index (χ3v) is 2.31. The first kappa shape index (κ1) is 11.8. The quantitative estimate of drug-likeness (QED) is 0.869. The highest BCUT2D eigenvalue weighted by molar-refractivity contribution is 5.94. The second-order valence-corrected chi connectivity index (χ2v) is 3.61. The molecule has 1 aromatic rings. The van der Waals surface area contributed by atoms with Gasteiger partial charge in [0.15, 0.2) is 0 Å². The number of carbonyl (C=O) groups is 1. The van der Waals surface area contributed by atoms with Crippen molar-refractivity contribution in [3.05, 3.63) is 29.8 Å². The average molecular weight is 243 g/mol. The van der Waals surface area contributed by atoms with Crippen LogP contribution < -0.4 is 10.1 Å². The van der Waals surface area contributed by atoms with Crippen molar-refractivity contribution in [3.8, 4) is 5.75 Å². The van der Waals surface area contributed by atoms with Gasteiger partial charge in [0.2, 0.25) is 0 Å². The second kappa shape index (κ2) is 5.09. The van der Waals surface area contributed by atoms with Crippen LogP contribution >= 0.6 is 0 Å². The highest BCUT2D eigenvalue weighted by Gasteiger charge is 2.20. The van der Waals surface area contributed by atoms with Crippen molar-refractivity contribution in [3.63, 3.8) is 0 Å². The van der Waals surface area contributed by atoms with Crippen molar-refractivity contribution in [1.82, 2.24) is 5.32 Å². The van der Waals surface area contributed by atoms with Gasteiger partial charge in [0.25, 0.3) is 5.91 Å². The number of ether oxygens (including phenoxy) is 2. The van der Waals surface area contributed by atoms with Gasteiger partial charge in [-0.05, 0) is 24.3 Å². The van der Waals surface area contributed by atoms with Gasteiger partial charge in [-0.3, -0.25) is 4.79 Å². The number of carbonyl (C=O) groups excluding carboxylic acids is 1. The van der Waals surface area contributed by atoms with Crippen LogP contribution in [0, 0.1) is 0 Å². The minimum absolute atomic E-state index is 0.0310. The van der Waals surface area contributed by atoms with Gasteiger partial charge in [0.05, 0.1) is 19.3 Å². The molecule has 2 rings (SSSR count). The van der Waals surface area contributed by atoms with Crippen LogP contribution in [0.5, 0.6) is 5.75 Å². The SMILES string of the molecule is O=C(NC1COC1)c1ccc(OC(F)F)cc1. The van der Waals surface area contributed by atoms with Gasteiger partial charge >= 0.3 is 6.61 Å². The zero-order chi connectivity index (χ0) is 12.3. The number of hydrogen-bond acceptors (Lipinski definition) is 3. The Morgan fingerprint density at radius 3 is 2.47 bits per heavy atom. The van der Waals surface area contributed by atoms with Crippen molar-refractivity contribution in [2.75, 3.05) is 13.2 Å². The lowest BCUT2D eigenvalue weighted by Gasteiger charge is -2.26. The van der Waals surface area contributed by atoms with E-state index in [0.717, 1.165) is 0 Å². The molecule has 1 heterocycles. The third-order valence-electron chi connectivity index (χ3n) is 2.31. The van der Waals surface area contributed by atoms with Crippen molar-refractivity contribution in [2.24, 2.45) is 0 Å². The molecule has 0 saturated carbocycles. The molecule has 1 aliphatic rings. The molecule has 0 aliphatic carbocycles. The molecule has 6 heteroatoms. The number of benzene rings is 1. The van der Waals surface area contributed by atoms with Gasteiger partial charge in [0, 0.05) is 5.56 Å². The van der Waals surface area contributed by atoms with E-state index < -0.39 is 6.61 Å². The van der Waals surface area contributed by atoms with Gasteiger partial charge in [-0.2, -0.15) is 8.78 Å². The molecule has 1 fully saturated rings. The first-order valence-electron chi connectivity index (χ1n) is 5.08. The fourth-order valence-electron chi connectivity index (χ4n) is 1.38. The molecular formula is C11H11F2NO3. The molecule has 0 unspecified atom stereocenters. The summed E-state index contributed by atoms with van der Waals surface area (Å²) < 4.78 is 32.9. The number of halogens is 2. The topological polar surface area (TPSA) is 47.6 Å². The van der Waals surface area contributed by atoms with Gasteiger partial charge in [-0.1, -0.05) is 0 Å². The molecule has 0 atom stereocenters. The van der Waals surface area contributed by atoms with Crippen LogP contribution in [0.3, 0.4) is 0 Å². The molecule has 92 valence electrons. The zero-order valence-electron chi connectivity index (χ0n) is 8.86. The maximum absolute atomic E-state index is 11.9. The van der Waals surface area contributed by atoms with Crippen LogP contribution in [-0.2, 0) is 4.74 Å². The molecule has 0 spiro atoms. The lowest BCUT2D eigenvalue weighted by molar-refractivity contribution is -0.0498. The zero-order valence-corrected chi connectivity index (χ0v) is 8.86. The Morgan fingerprint density at radius 1 is 1.35 bits per heavy atom. The van der Waals surface area contributed by atoms with Crippen molar-refractivity contribution >= 4 is 5.91 Å². The van der Waals surface area contributed by atoms with E-state index in [9.17, 15) is 13.6 Å². The molecule has 1 aromatic carbocycles. The summed E-state index contributed by atoms with van der Waals surface area (Å²) in [6, 6.07) is 5.58. The first-order valence-corrected chi connectivity index (χ1v) is 5.08. The minimum Gasteiger partial charge on any atom is -0.435 e. The van der Waals surface area contributed by atoms with Crippen LogP contribution in [0.25, 0.3) is 0 Å². The molecule has 1 N–H and O–H groups in total. The number of amides is 1. The van der Waals surface area contributed by atoms with E-state index in [1.807, 2.05) is 0 Å². The highest BCUT2D eigenvalue weighted by atomic mass is 19.3. The van der Waals surface area contributed by atoms with E-state index in [2.05, 4.69) is 10.1 Å². The predicted octanol–water partition coefficient (Wildman–Crippen LogP) is 1.42. The Balaban J connectivity index is 1.94. The molecule has 0 bridgehead atoms. The summed E-state index contributed by atoms with van der Waals surface area (Å²) in [6.07, 6.45) is 0. The number of nitrogens with one attached hydrogen (secondary N) is 1. The monoisotopic (exact) mass is 243 g/mol. The van der Waals surface area contributed by atoms with Crippen molar-refractivity contribution in [1.29, 1.82) is 0 Å². The van der Waals surface area contributed by atoms with E-state index in [4.69, 9.17) is 4.74 Å². The lowest BCUT2D eigenvalue weighted by Crippen LogP contribution is -2.48. The normalized spacial score (nSPS) is 15.5. The Bertz CT molecular complexity index is 390. The molecular weight excluding hydrogens is 232 g/mol. The fourth-order valence-corrected chi connectivity index (χ4v) is 1.38. The number of alkyl halides is 2. The molecule has 4 nitrogen and oxygen atoms in total. The van der Waals surface area contributed by atoms with Gasteiger partial charge in [-0.25, -0.2) is 0 Å². The largest absolute Gasteiger partial charge is 0.435 e. The summed E-state index contributed by atoms with van der Waals surface area (Å²) in [7, 11) is 0. The lowest BCUT2D eigenvalue weighted by atomic mass is 10.2. The number of rotatable bonds is 4. The van der Waals surface area contributed by atoms with Crippen molar-refractivity contribution < 1.29 is 23.0 Å². The molecule has 0 radical (unpaired) electrons. The van der Waals surface area contributed by atoms with E-state index >= 15 is 0 Å². The van der Waals surface area contributed by atoms with E-state index in [0.29, 0.717) is 18.8 Å². The van der Waals surface area contributed by atoms with Crippen molar-refractivity contribution in [2.45, 2.75) is 12.7 Å². The summed E-state index contributed by atoms with van der Waals surface area (Å²) in [5, 5.41) is 2.74. The standard InChI is InChI=1S/C11H11F2NO3/c12-11(13)17-9-3-1-7(2-4-9)10(15)14-8-5-16-6-8/h1-4,8,11H,5-6H2,(H,14,15). The van der Waals surface area contributed by atoms with Crippen LogP contribution in [0.1, 0.15) is 10.4 Å². The Morgan fingerprint density at radius 2 is 2.00 bits per heavy atom. The van der Waals surface area contributed by atoms with Crippen LogP contribution in [0.15, 0.2) is 24.3 Å². The smallest absolute Gasteiger partial charge is 0.387 e. The minimum atomic E-state index is -2.86. The van der Waals surface area contributed by atoms with E-state index in [1.165, 1.54) is 24.3 Å². The van der Waals surface area contributed by atoms with Gasteiger partial charge in [-0.15, -0.1) is 0 Å². The molecule has 1 amide bonds. The Labute approximate surface area is 96.5 Å². The van der Waals surface area contributed by atoms with E-state index in [-0.39, 0.29) is 17.7 Å². The summed E-state index contributed by atoms with van der Waals surface area (Å²) in [5.74, 6) is -0.217. The second-order valence-electron chi connectivity index (χ2n) is 3.61. The molecule has 17 heavy (non-hydrogen) atoms. The number of hydrogen-bond donors (Lipinski definition) is 1. The van der Waals surface area contributed by atoms with Crippen LogP contribution in [0.2, 0.25) is 0 Å². The Kier molecular flexibility index (Phi) is 3.53. The average Bonchev–Trinajstić information content (AvgIpc) is 2.23.